The lowest BCUT2D eigenvalue weighted by atomic mass is 9.88. The van der Waals surface area contributed by atoms with Gasteiger partial charge < -0.3 is 25.0 Å². The monoisotopic (exact) mass is 605 g/mol. The van der Waals surface area contributed by atoms with Crippen molar-refractivity contribution in [1.29, 1.82) is 0 Å². The summed E-state index contributed by atoms with van der Waals surface area (Å²) in [6, 6.07) is 15.1. The fraction of sp³-hybridized carbons (Fsp3) is 0.464. The Labute approximate surface area is 240 Å². The van der Waals surface area contributed by atoms with Crippen LogP contribution in [0, 0.1) is 0 Å². The van der Waals surface area contributed by atoms with E-state index in [0.717, 1.165) is 10.9 Å². The molecule has 2 aliphatic heterocycles. The molecule has 0 amide bonds. The average molecular weight is 606 g/mol. The van der Waals surface area contributed by atoms with Gasteiger partial charge >= 0.3 is 0 Å². The van der Waals surface area contributed by atoms with Gasteiger partial charge in [0.25, 0.3) is 0 Å². The van der Waals surface area contributed by atoms with Crippen molar-refractivity contribution in [3.8, 4) is 5.75 Å². The Kier molecular flexibility index (Phi) is 8.95. The van der Waals surface area contributed by atoms with Crippen LogP contribution in [-0.4, -0.2) is 99.3 Å². The van der Waals surface area contributed by atoms with Crippen LogP contribution in [0.1, 0.15) is 19.3 Å². The van der Waals surface area contributed by atoms with Gasteiger partial charge in [-0.3, -0.25) is 4.98 Å². The number of rotatable bonds is 11. The van der Waals surface area contributed by atoms with Crippen LogP contribution in [0.3, 0.4) is 0 Å². The second kappa shape index (κ2) is 12.3. The zero-order valence-corrected chi connectivity index (χ0v) is 24.2. The molecule has 2 saturated heterocycles. The van der Waals surface area contributed by atoms with Crippen molar-refractivity contribution in [3.05, 3.63) is 60.8 Å². The number of hydrogen-bond donors (Lipinski definition) is 3. The summed E-state index contributed by atoms with van der Waals surface area (Å²) in [6.45, 7) is 0.911. The van der Waals surface area contributed by atoms with Gasteiger partial charge in [0, 0.05) is 37.3 Å². The van der Waals surface area contributed by atoms with Gasteiger partial charge in [-0.25, -0.2) is 16.8 Å². The van der Waals surface area contributed by atoms with E-state index >= 15 is 0 Å². The first kappa shape index (κ1) is 29.8. The van der Waals surface area contributed by atoms with Crippen molar-refractivity contribution in [2.24, 2.45) is 0 Å². The molecule has 0 bridgehead atoms. The van der Waals surface area contributed by atoms with E-state index in [1.54, 1.807) is 18.2 Å². The lowest BCUT2D eigenvalue weighted by Gasteiger charge is -2.38. The first-order valence-corrected chi connectivity index (χ1v) is 16.7. The maximum atomic E-state index is 13.3. The molecule has 222 valence electrons. The van der Waals surface area contributed by atoms with Gasteiger partial charge in [-0.1, -0.05) is 24.3 Å². The normalized spacial score (nSPS) is 20.4. The number of fused-ring (bicyclic) bond motifs is 1. The number of benzene rings is 2. The standard InChI is InChI=1S/C28H35N3O8S2/c32-12-13-40(34,35)25-6-3-5-24(15-25)38-20-23(33)17-29-22-16-28(39-19-22)8-10-31(11-9-28)41(36,37)26-14-21-4-1-2-7-27(21)30-18-26/h1-7,14-15,18,22-23,29,32-33H,8-13,16-17,19-20H2. The zero-order chi connectivity index (χ0) is 29.1. The molecule has 2 aliphatic rings. The summed E-state index contributed by atoms with van der Waals surface area (Å²) < 4.78 is 64.1. The Hall–Kier alpha value is -2.65. The summed E-state index contributed by atoms with van der Waals surface area (Å²) in [5.74, 6) is -0.0589. The van der Waals surface area contributed by atoms with Crippen molar-refractivity contribution >= 4 is 30.8 Å². The number of hydrogen-bond acceptors (Lipinski definition) is 10. The average Bonchev–Trinajstić information content (AvgIpc) is 3.37. The second-order valence-electron chi connectivity index (χ2n) is 10.6. The number of sulfone groups is 1. The number of ether oxygens (including phenoxy) is 2. The van der Waals surface area contributed by atoms with Gasteiger partial charge in [-0.15, -0.1) is 0 Å². The minimum atomic E-state index is -3.67. The predicted molar refractivity (Wildman–Crippen MR) is 152 cm³/mol. The van der Waals surface area contributed by atoms with E-state index in [4.69, 9.17) is 14.6 Å². The molecule has 0 aliphatic carbocycles. The molecule has 13 heteroatoms. The molecule has 2 aromatic carbocycles. The first-order chi connectivity index (χ1) is 19.6. The van der Waals surface area contributed by atoms with Gasteiger partial charge in [0.1, 0.15) is 23.4 Å². The third-order valence-corrected chi connectivity index (χ3v) is 11.2. The van der Waals surface area contributed by atoms with E-state index < -0.39 is 38.2 Å². The van der Waals surface area contributed by atoms with Crippen LogP contribution in [0.5, 0.6) is 5.75 Å². The van der Waals surface area contributed by atoms with Crippen LogP contribution in [0.25, 0.3) is 10.9 Å². The molecule has 1 spiro atoms. The maximum absolute atomic E-state index is 13.3. The second-order valence-corrected chi connectivity index (χ2v) is 14.6. The zero-order valence-electron chi connectivity index (χ0n) is 22.6. The molecule has 3 heterocycles. The maximum Gasteiger partial charge on any atom is 0.244 e. The Morgan fingerprint density at radius 1 is 1.07 bits per heavy atom. The summed E-state index contributed by atoms with van der Waals surface area (Å²) in [5.41, 5.74) is 0.338. The van der Waals surface area contributed by atoms with E-state index in [9.17, 15) is 21.9 Å². The highest BCUT2D eigenvalue weighted by atomic mass is 32.2. The first-order valence-electron chi connectivity index (χ1n) is 13.6. The summed E-state index contributed by atoms with van der Waals surface area (Å²) in [6.07, 6.45) is 2.43. The minimum absolute atomic E-state index is 0.00412. The van der Waals surface area contributed by atoms with Gasteiger partial charge in [-0.2, -0.15) is 4.31 Å². The lowest BCUT2D eigenvalue weighted by Crippen LogP contribution is -2.47. The molecule has 2 unspecified atom stereocenters. The van der Waals surface area contributed by atoms with E-state index in [-0.39, 0.29) is 34.7 Å². The van der Waals surface area contributed by atoms with Crippen molar-refractivity contribution in [3.63, 3.8) is 0 Å². The van der Waals surface area contributed by atoms with Gasteiger partial charge in [0.2, 0.25) is 10.0 Å². The fourth-order valence-corrected chi connectivity index (χ4v) is 7.83. The number of para-hydroxylation sites is 1. The fourth-order valence-electron chi connectivity index (χ4n) is 5.35. The topological polar surface area (TPSA) is 155 Å². The van der Waals surface area contributed by atoms with Crippen LogP contribution >= 0.6 is 0 Å². The van der Waals surface area contributed by atoms with E-state index in [1.165, 1.54) is 22.6 Å². The van der Waals surface area contributed by atoms with Gasteiger partial charge in [0.15, 0.2) is 9.84 Å². The van der Waals surface area contributed by atoms with E-state index in [1.807, 2.05) is 24.3 Å². The molecular weight excluding hydrogens is 570 g/mol. The SMILES string of the molecule is O=S(=O)(CCO)c1cccc(OCC(O)CNC2COC3(CCN(S(=O)(=O)c4cnc5ccccc5c4)CC3)C2)c1. The minimum Gasteiger partial charge on any atom is -0.491 e. The molecule has 41 heavy (non-hydrogen) atoms. The highest BCUT2D eigenvalue weighted by Crippen LogP contribution is 2.37. The Bertz CT molecular complexity index is 1570. The molecule has 0 radical (unpaired) electrons. The molecule has 1 aromatic heterocycles. The van der Waals surface area contributed by atoms with E-state index in [2.05, 4.69) is 10.3 Å². The summed E-state index contributed by atoms with van der Waals surface area (Å²) >= 11 is 0. The lowest BCUT2D eigenvalue weighted by molar-refractivity contribution is -0.0312. The third-order valence-electron chi connectivity index (χ3n) is 7.66. The number of sulfonamides is 1. The summed E-state index contributed by atoms with van der Waals surface area (Å²) in [7, 11) is -7.27. The number of aliphatic hydroxyl groups is 2. The number of aliphatic hydroxyl groups excluding tert-OH is 2. The van der Waals surface area contributed by atoms with Crippen LogP contribution in [0.4, 0.5) is 0 Å². The molecule has 5 rings (SSSR count). The Morgan fingerprint density at radius 2 is 1.85 bits per heavy atom. The molecule has 3 aromatic rings. The van der Waals surface area contributed by atoms with Gasteiger partial charge in [-0.05, 0) is 49.6 Å². The quantitative estimate of drug-likeness (QED) is 0.292. The van der Waals surface area contributed by atoms with Gasteiger partial charge in [0.05, 0.1) is 35.0 Å². The third kappa shape index (κ3) is 6.88. The summed E-state index contributed by atoms with van der Waals surface area (Å²) in [4.78, 5) is 4.55. The van der Waals surface area contributed by atoms with Crippen LogP contribution in [0.2, 0.25) is 0 Å². The number of piperidine rings is 1. The van der Waals surface area contributed by atoms with Crippen molar-refractivity contribution in [2.45, 2.75) is 46.8 Å². The van der Waals surface area contributed by atoms with Crippen LogP contribution < -0.4 is 10.1 Å². The number of nitrogens with one attached hydrogen (secondary N) is 1. The predicted octanol–water partition coefficient (Wildman–Crippen LogP) is 1.34. The number of nitrogens with zero attached hydrogens (tertiary/aromatic N) is 2. The molecule has 2 atom stereocenters. The molecule has 3 N–H and O–H groups in total. The largest absolute Gasteiger partial charge is 0.491 e. The highest BCUT2D eigenvalue weighted by molar-refractivity contribution is 7.91. The van der Waals surface area contributed by atoms with Crippen molar-refractivity contribution in [1.82, 2.24) is 14.6 Å². The molecule has 0 saturated carbocycles. The molecular formula is C28H35N3O8S2. The Balaban J connectivity index is 1.09. The van der Waals surface area contributed by atoms with Crippen molar-refractivity contribution < 1.29 is 36.5 Å². The highest BCUT2D eigenvalue weighted by Gasteiger charge is 2.44. The Morgan fingerprint density at radius 3 is 2.63 bits per heavy atom. The molecule has 2 fully saturated rings. The number of pyridine rings is 1. The van der Waals surface area contributed by atoms with Crippen LogP contribution in [0.15, 0.2) is 70.6 Å². The van der Waals surface area contributed by atoms with Crippen molar-refractivity contribution in [2.75, 3.05) is 45.2 Å². The van der Waals surface area contributed by atoms with E-state index in [0.29, 0.717) is 44.7 Å². The van der Waals surface area contributed by atoms with Crippen LogP contribution in [-0.2, 0) is 24.6 Å². The smallest absolute Gasteiger partial charge is 0.244 e. The number of aromatic nitrogens is 1. The summed E-state index contributed by atoms with van der Waals surface area (Å²) in [5, 5.41) is 23.5. The molecule has 11 nitrogen and oxygen atoms in total.